The third kappa shape index (κ3) is 5.98. The summed E-state index contributed by atoms with van der Waals surface area (Å²) >= 11 is 1.78. The number of benzene rings is 1. The quantitative estimate of drug-likeness (QED) is 0.614. The Bertz CT molecular complexity index is 958. The van der Waals surface area contributed by atoms with Gasteiger partial charge in [0.25, 0.3) is 0 Å². The van der Waals surface area contributed by atoms with E-state index in [9.17, 15) is 13.2 Å². The van der Waals surface area contributed by atoms with Crippen molar-refractivity contribution < 1.29 is 13.2 Å². The number of aryl methyl sites for hydroxylation is 1. The molecule has 2 aliphatic heterocycles. The fourth-order valence-electron chi connectivity index (χ4n) is 4.45. The number of nitrogens with zero attached hydrogens (tertiary/aromatic N) is 3. The van der Waals surface area contributed by atoms with Crippen LogP contribution in [0.2, 0.25) is 0 Å². The number of rotatable bonds is 7. The van der Waals surface area contributed by atoms with Gasteiger partial charge in [0, 0.05) is 57.1 Å². The number of amides is 1. The zero-order valence-electron chi connectivity index (χ0n) is 18.6. The second-order valence-corrected chi connectivity index (χ2v) is 11.7. The first kappa shape index (κ1) is 23.4. The average Bonchev–Trinajstić information content (AvgIpc) is 3.16. The van der Waals surface area contributed by atoms with E-state index in [1.807, 2.05) is 17.0 Å². The highest BCUT2D eigenvalue weighted by Gasteiger charge is 2.25. The Morgan fingerprint density at radius 3 is 2.19 bits per heavy atom. The summed E-state index contributed by atoms with van der Waals surface area (Å²) < 4.78 is 27.4. The number of carbonyl (C=O) groups excluding carboxylic acids is 1. The minimum atomic E-state index is -3.42. The lowest BCUT2D eigenvalue weighted by molar-refractivity contribution is -0.132. The number of hydrogen-bond donors (Lipinski definition) is 0. The van der Waals surface area contributed by atoms with Crippen molar-refractivity contribution in [3.05, 3.63) is 52.2 Å². The monoisotopic (exact) mass is 475 g/mol. The molecule has 2 aromatic rings. The van der Waals surface area contributed by atoms with Crippen molar-refractivity contribution in [1.82, 2.24) is 14.1 Å². The Balaban J connectivity index is 1.25. The lowest BCUT2D eigenvalue weighted by atomic mass is 10.1. The van der Waals surface area contributed by atoms with Gasteiger partial charge in [0.05, 0.1) is 4.90 Å². The van der Waals surface area contributed by atoms with Crippen LogP contribution in [0.15, 0.2) is 46.7 Å². The highest BCUT2D eigenvalue weighted by molar-refractivity contribution is 7.89. The Morgan fingerprint density at radius 2 is 1.56 bits per heavy atom. The van der Waals surface area contributed by atoms with E-state index in [0.717, 1.165) is 64.0 Å². The zero-order chi connectivity index (χ0) is 22.4. The molecule has 6 nitrogen and oxygen atoms in total. The van der Waals surface area contributed by atoms with Gasteiger partial charge in [-0.1, -0.05) is 31.0 Å². The predicted molar refractivity (Wildman–Crippen MR) is 128 cm³/mol. The third-order valence-electron chi connectivity index (χ3n) is 6.44. The fraction of sp³-hybridized carbons (Fsp3) is 0.542. The normalized spacial score (nSPS) is 19.1. The molecule has 0 saturated carbocycles. The molecule has 0 N–H and O–H groups in total. The largest absolute Gasteiger partial charge is 0.340 e. The minimum Gasteiger partial charge on any atom is -0.340 e. The van der Waals surface area contributed by atoms with Crippen molar-refractivity contribution in [2.75, 3.05) is 39.3 Å². The van der Waals surface area contributed by atoms with E-state index in [1.165, 1.54) is 4.88 Å². The minimum absolute atomic E-state index is 0.182. The molecule has 1 aromatic heterocycles. The summed E-state index contributed by atoms with van der Waals surface area (Å²) in [5.74, 6) is 0.182. The van der Waals surface area contributed by atoms with Crippen LogP contribution in [0.4, 0.5) is 0 Å². The molecule has 3 heterocycles. The highest BCUT2D eigenvalue weighted by Crippen LogP contribution is 2.21. The summed E-state index contributed by atoms with van der Waals surface area (Å²) in [6, 6.07) is 11.4. The van der Waals surface area contributed by atoms with Gasteiger partial charge in [0.1, 0.15) is 0 Å². The lowest BCUT2D eigenvalue weighted by Crippen LogP contribution is -2.48. The standard InChI is InChI=1S/C24H33N3O3S2/c28-24(26-17-15-25(16-18-26)20-22-6-5-19-31-22)12-9-21-7-10-23(11-8-21)32(29,30)27-13-3-1-2-4-14-27/h5-8,10-11,19H,1-4,9,12-18,20H2. The SMILES string of the molecule is O=C(CCc1ccc(S(=O)(=O)N2CCCCCC2)cc1)N1CCN(Cc2cccs2)CC1. The Kier molecular flexibility index (Phi) is 7.99. The summed E-state index contributed by atoms with van der Waals surface area (Å²) in [7, 11) is -3.42. The van der Waals surface area contributed by atoms with Gasteiger partial charge in [-0.05, 0) is 48.4 Å². The van der Waals surface area contributed by atoms with Gasteiger partial charge in [-0.3, -0.25) is 9.69 Å². The number of sulfonamides is 1. The fourth-order valence-corrected chi connectivity index (χ4v) is 6.71. The smallest absolute Gasteiger partial charge is 0.243 e. The van der Waals surface area contributed by atoms with Crippen LogP contribution in [0.25, 0.3) is 0 Å². The molecule has 1 amide bonds. The number of hydrogen-bond acceptors (Lipinski definition) is 5. The molecule has 174 valence electrons. The molecule has 1 aromatic carbocycles. The van der Waals surface area contributed by atoms with Crippen LogP contribution >= 0.6 is 11.3 Å². The van der Waals surface area contributed by atoms with E-state index in [4.69, 9.17) is 0 Å². The van der Waals surface area contributed by atoms with E-state index < -0.39 is 10.0 Å². The summed E-state index contributed by atoms with van der Waals surface area (Å²) in [5, 5.41) is 2.10. The van der Waals surface area contributed by atoms with Crippen molar-refractivity contribution in [2.24, 2.45) is 0 Å². The summed E-state index contributed by atoms with van der Waals surface area (Å²) in [6.07, 6.45) is 5.16. The van der Waals surface area contributed by atoms with Gasteiger partial charge in [-0.25, -0.2) is 8.42 Å². The molecular formula is C24H33N3O3S2. The molecular weight excluding hydrogens is 442 g/mol. The Labute approximate surface area is 195 Å². The topological polar surface area (TPSA) is 60.9 Å². The van der Waals surface area contributed by atoms with E-state index in [-0.39, 0.29) is 5.91 Å². The van der Waals surface area contributed by atoms with Crippen molar-refractivity contribution in [2.45, 2.75) is 50.0 Å². The van der Waals surface area contributed by atoms with Crippen molar-refractivity contribution in [3.8, 4) is 0 Å². The Morgan fingerprint density at radius 1 is 0.875 bits per heavy atom. The molecule has 0 bridgehead atoms. The van der Waals surface area contributed by atoms with Crippen LogP contribution in [0.5, 0.6) is 0 Å². The first-order chi connectivity index (χ1) is 15.5. The maximum Gasteiger partial charge on any atom is 0.243 e. The molecule has 2 aliphatic rings. The van der Waals surface area contributed by atoms with Crippen molar-refractivity contribution in [3.63, 3.8) is 0 Å². The second kappa shape index (κ2) is 10.9. The molecule has 2 saturated heterocycles. The summed E-state index contributed by atoms with van der Waals surface area (Å²) in [4.78, 5) is 18.8. The number of thiophene rings is 1. The first-order valence-corrected chi connectivity index (χ1v) is 14.0. The van der Waals surface area contributed by atoms with Gasteiger partial charge in [-0.2, -0.15) is 4.31 Å². The summed E-state index contributed by atoms with van der Waals surface area (Å²) in [6.45, 7) is 5.55. The maximum atomic E-state index is 12.9. The van der Waals surface area contributed by atoms with Crippen LogP contribution in [0, 0.1) is 0 Å². The molecule has 32 heavy (non-hydrogen) atoms. The number of piperazine rings is 1. The molecule has 0 unspecified atom stereocenters. The molecule has 0 spiro atoms. The van der Waals surface area contributed by atoms with Crippen LogP contribution in [0.3, 0.4) is 0 Å². The first-order valence-electron chi connectivity index (χ1n) is 11.6. The number of carbonyl (C=O) groups is 1. The molecule has 8 heteroatoms. The highest BCUT2D eigenvalue weighted by atomic mass is 32.2. The molecule has 0 aliphatic carbocycles. The van der Waals surface area contributed by atoms with Crippen LogP contribution in [0.1, 0.15) is 42.5 Å². The van der Waals surface area contributed by atoms with Crippen LogP contribution < -0.4 is 0 Å². The van der Waals surface area contributed by atoms with Gasteiger partial charge in [0.2, 0.25) is 15.9 Å². The van der Waals surface area contributed by atoms with Gasteiger partial charge in [0.15, 0.2) is 0 Å². The van der Waals surface area contributed by atoms with Crippen molar-refractivity contribution >= 4 is 27.3 Å². The second-order valence-electron chi connectivity index (χ2n) is 8.70. The van der Waals surface area contributed by atoms with Gasteiger partial charge < -0.3 is 4.90 Å². The van der Waals surface area contributed by atoms with Crippen molar-refractivity contribution in [1.29, 1.82) is 0 Å². The molecule has 0 radical (unpaired) electrons. The molecule has 4 rings (SSSR count). The Hall–Kier alpha value is -1.74. The maximum absolute atomic E-state index is 12.9. The third-order valence-corrected chi connectivity index (χ3v) is 9.21. The summed E-state index contributed by atoms with van der Waals surface area (Å²) in [5.41, 5.74) is 1.00. The average molecular weight is 476 g/mol. The van der Waals surface area contributed by atoms with E-state index in [2.05, 4.69) is 22.4 Å². The van der Waals surface area contributed by atoms with Gasteiger partial charge >= 0.3 is 0 Å². The predicted octanol–water partition coefficient (Wildman–Crippen LogP) is 3.59. The lowest BCUT2D eigenvalue weighted by Gasteiger charge is -2.34. The van der Waals surface area contributed by atoms with Crippen LogP contribution in [-0.4, -0.2) is 67.7 Å². The van der Waals surface area contributed by atoms with E-state index >= 15 is 0 Å². The van der Waals surface area contributed by atoms with Gasteiger partial charge in [-0.15, -0.1) is 11.3 Å². The zero-order valence-corrected chi connectivity index (χ0v) is 20.2. The van der Waals surface area contributed by atoms with Crippen LogP contribution in [-0.2, 0) is 27.8 Å². The molecule has 0 atom stereocenters. The van der Waals surface area contributed by atoms with E-state index in [1.54, 1.807) is 27.8 Å². The van der Waals surface area contributed by atoms with E-state index in [0.29, 0.717) is 30.8 Å². The molecule has 2 fully saturated rings.